The smallest absolute Gasteiger partial charge is 0.0764 e. The second kappa shape index (κ2) is 7.79. The van der Waals surface area contributed by atoms with Crippen LogP contribution in [0.25, 0.3) is 0 Å². The van der Waals surface area contributed by atoms with Gasteiger partial charge in [0, 0.05) is 19.3 Å². The van der Waals surface area contributed by atoms with Crippen LogP contribution >= 0.6 is 0 Å². The summed E-state index contributed by atoms with van der Waals surface area (Å²) in [5.74, 6) is 0.685. The van der Waals surface area contributed by atoms with Crippen molar-refractivity contribution in [3.8, 4) is 0 Å². The molecule has 4 nitrogen and oxygen atoms in total. The fraction of sp³-hybridized carbons (Fsp3) is 0.812. The Morgan fingerprint density at radius 2 is 2.15 bits per heavy atom. The predicted octanol–water partition coefficient (Wildman–Crippen LogP) is 2.81. The van der Waals surface area contributed by atoms with Crippen molar-refractivity contribution in [2.45, 2.75) is 58.5 Å². The molecule has 20 heavy (non-hydrogen) atoms. The lowest BCUT2D eigenvalue weighted by molar-refractivity contribution is 0.231. The molecule has 1 aliphatic carbocycles. The molecule has 0 atom stereocenters. The summed E-state index contributed by atoms with van der Waals surface area (Å²) in [6, 6.07) is 2.83. The Kier molecular flexibility index (Phi) is 6.05. The third-order valence-corrected chi connectivity index (χ3v) is 4.05. The van der Waals surface area contributed by atoms with E-state index in [-0.39, 0.29) is 0 Å². The van der Waals surface area contributed by atoms with E-state index in [2.05, 4.69) is 35.7 Å². The van der Waals surface area contributed by atoms with Gasteiger partial charge in [0.15, 0.2) is 0 Å². The molecule has 0 spiro atoms. The number of rotatable bonds is 8. The molecule has 4 heteroatoms. The van der Waals surface area contributed by atoms with Crippen molar-refractivity contribution in [2.24, 2.45) is 11.7 Å². The zero-order chi connectivity index (χ0) is 14.4. The van der Waals surface area contributed by atoms with E-state index >= 15 is 0 Å². The van der Waals surface area contributed by atoms with Crippen molar-refractivity contribution in [3.05, 3.63) is 18.0 Å². The van der Waals surface area contributed by atoms with Crippen LogP contribution in [0.5, 0.6) is 0 Å². The van der Waals surface area contributed by atoms with Gasteiger partial charge in [-0.05, 0) is 44.3 Å². The van der Waals surface area contributed by atoms with Gasteiger partial charge in [0.25, 0.3) is 0 Å². The average Bonchev–Trinajstić information content (AvgIpc) is 3.05. The van der Waals surface area contributed by atoms with Gasteiger partial charge in [-0.25, -0.2) is 0 Å². The quantitative estimate of drug-likeness (QED) is 0.795. The maximum Gasteiger partial charge on any atom is 0.0764 e. The summed E-state index contributed by atoms with van der Waals surface area (Å²) in [5.41, 5.74) is 6.84. The highest BCUT2D eigenvalue weighted by molar-refractivity contribution is 5.00. The van der Waals surface area contributed by atoms with Gasteiger partial charge in [-0.2, -0.15) is 5.10 Å². The van der Waals surface area contributed by atoms with E-state index in [1.165, 1.54) is 31.4 Å². The summed E-state index contributed by atoms with van der Waals surface area (Å²) in [6.45, 7) is 8.46. The highest BCUT2D eigenvalue weighted by Gasteiger charge is 2.18. The van der Waals surface area contributed by atoms with Crippen LogP contribution in [0.4, 0.5) is 0 Å². The van der Waals surface area contributed by atoms with E-state index in [9.17, 15) is 0 Å². The fourth-order valence-corrected chi connectivity index (χ4v) is 3.13. The summed E-state index contributed by atoms with van der Waals surface area (Å²) in [6.07, 6.45) is 8.54. The van der Waals surface area contributed by atoms with Crippen molar-refractivity contribution in [1.82, 2.24) is 14.7 Å². The highest BCUT2D eigenvalue weighted by atomic mass is 15.3. The van der Waals surface area contributed by atoms with Gasteiger partial charge in [-0.15, -0.1) is 0 Å². The molecule has 114 valence electrons. The normalized spacial score (nSPS) is 16.6. The standard InChI is InChI=1S/C16H30N4/c1-14(2)12-19(10-5-9-17)13-15-8-11-20(18-15)16-6-3-4-7-16/h8,11,14,16H,3-7,9-10,12-13,17H2,1-2H3. The SMILES string of the molecule is CC(C)CN(CCCN)Cc1ccn(C2CCCC2)n1. The topological polar surface area (TPSA) is 47.1 Å². The first-order chi connectivity index (χ1) is 9.69. The van der Waals surface area contributed by atoms with Crippen molar-refractivity contribution in [1.29, 1.82) is 0 Å². The van der Waals surface area contributed by atoms with Crippen LogP contribution in [0.15, 0.2) is 12.3 Å². The van der Waals surface area contributed by atoms with Crippen LogP contribution in [-0.4, -0.2) is 34.3 Å². The minimum Gasteiger partial charge on any atom is -0.330 e. The summed E-state index contributed by atoms with van der Waals surface area (Å²) in [4.78, 5) is 2.48. The molecule has 0 aliphatic heterocycles. The number of hydrogen-bond acceptors (Lipinski definition) is 3. The van der Waals surface area contributed by atoms with Crippen molar-refractivity contribution < 1.29 is 0 Å². The molecule has 1 aromatic rings. The molecule has 2 rings (SSSR count). The number of nitrogens with two attached hydrogens (primary N) is 1. The first-order valence-corrected chi connectivity index (χ1v) is 8.15. The lowest BCUT2D eigenvalue weighted by atomic mass is 10.2. The summed E-state index contributed by atoms with van der Waals surface area (Å²) >= 11 is 0. The largest absolute Gasteiger partial charge is 0.330 e. The summed E-state index contributed by atoms with van der Waals surface area (Å²) in [5, 5.41) is 4.79. The molecule has 0 saturated heterocycles. The van der Waals surface area contributed by atoms with Crippen LogP contribution in [0.2, 0.25) is 0 Å². The number of aromatic nitrogens is 2. The van der Waals surface area contributed by atoms with Crippen LogP contribution in [0.1, 0.15) is 57.7 Å². The molecule has 1 saturated carbocycles. The van der Waals surface area contributed by atoms with E-state index in [1.54, 1.807) is 0 Å². The molecular formula is C16H30N4. The fourth-order valence-electron chi connectivity index (χ4n) is 3.13. The Hall–Kier alpha value is -0.870. The van der Waals surface area contributed by atoms with Gasteiger partial charge in [0.1, 0.15) is 0 Å². The number of hydrogen-bond donors (Lipinski definition) is 1. The monoisotopic (exact) mass is 278 g/mol. The van der Waals surface area contributed by atoms with Crippen LogP contribution in [0, 0.1) is 5.92 Å². The van der Waals surface area contributed by atoms with Gasteiger partial charge >= 0.3 is 0 Å². The first kappa shape index (κ1) is 15.5. The molecule has 0 bridgehead atoms. The Bertz CT molecular complexity index is 380. The molecule has 1 heterocycles. The van der Waals surface area contributed by atoms with Gasteiger partial charge in [0.2, 0.25) is 0 Å². The minimum atomic E-state index is 0.645. The second-order valence-electron chi connectivity index (χ2n) is 6.50. The molecule has 0 amide bonds. The van der Waals surface area contributed by atoms with Crippen LogP contribution in [-0.2, 0) is 6.54 Å². The Labute approximate surface area is 123 Å². The maximum absolute atomic E-state index is 5.64. The Balaban J connectivity index is 1.91. The van der Waals surface area contributed by atoms with Crippen molar-refractivity contribution in [3.63, 3.8) is 0 Å². The zero-order valence-corrected chi connectivity index (χ0v) is 13.1. The van der Waals surface area contributed by atoms with Crippen molar-refractivity contribution in [2.75, 3.05) is 19.6 Å². The Morgan fingerprint density at radius 3 is 2.80 bits per heavy atom. The minimum absolute atomic E-state index is 0.645. The van der Waals surface area contributed by atoms with E-state index in [1.807, 2.05) is 0 Å². The van der Waals surface area contributed by atoms with E-state index in [0.29, 0.717) is 12.0 Å². The first-order valence-electron chi connectivity index (χ1n) is 8.15. The van der Waals surface area contributed by atoms with E-state index < -0.39 is 0 Å². The molecule has 1 aromatic heterocycles. The van der Waals surface area contributed by atoms with Gasteiger partial charge in [-0.3, -0.25) is 9.58 Å². The van der Waals surface area contributed by atoms with Gasteiger partial charge in [-0.1, -0.05) is 26.7 Å². The molecule has 0 aromatic carbocycles. The molecule has 1 fully saturated rings. The lowest BCUT2D eigenvalue weighted by Gasteiger charge is -2.23. The highest BCUT2D eigenvalue weighted by Crippen LogP contribution is 2.28. The molecule has 0 unspecified atom stereocenters. The second-order valence-corrected chi connectivity index (χ2v) is 6.50. The number of nitrogens with zero attached hydrogens (tertiary/aromatic N) is 3. The van der Waals surface area contributed by atoms with Gasteiger partial charge < -0.3 is 5.73 Å². The molecule has 2 N–H and O–H groups in total. The average molecular weight is 278 g/mol. The zero-order valence-electron chi connectivity index (χ0n) is 13.1. The van der Waals surface area contributed by atoms with E-state index in [4.69, 9.17) is 10.8 Å². The predicted molar refractivity (Wildman–Crippen MR) is 83.5 cm³/mol. The summed E-state index contributed by atoms with van der Waals surface area (Å²) < 4.78 is 2.19. The Morgan fingerprint density at radius 1 is 1.40 bits per heavy atom. The maximum atomic E-state index is 5.64. The lowest BCUT2D eigenvalue weighted by Crippen LogP contribution is -2.30. The van der Waals surface area contributed by atoms with Crippen LogP contribution in [0.3, 0.4) is 0 Å². The molecule has 0 radical (unpaired) electrons. The molecular weight excluding hydrogens is 248 g/mol. The third-order valence-electron chi connectivity index (χ3n) is 4.05. The summed E-state index contributed by atoms with van der Waals surface area (Å²) in [7, 11) is 0. The molecule has 1 aliphatic rings. The van der Waals surface area contributed by atoms with E-state index in [0.717, 1.165) is 32.6 Å². The van der Waals surface area contributed by atoms with Crippen molar-refractivity contribution >= 4 is 0 Å². The van der Waals surface area contributed by atoms with Gasteiger partial charge in [0.05, 0.1) is 11.7 Å². The van der Waals surface area contributed by atoms with Crippen LogP contribution < -0.4 is 5.73 Å². The third kappa shape index (κ3) is 4.60.